The van der Waals surface area contributed by atoms with E-state index in [1.54, 1.807) is 11.1 Å². The molecule has 1 fully saturated rings. The number of para-hydroxylation sites is 1. The Morgan fingerprint density at radius 1 is 0.871 bits per heavy atom. The summed E-state index contributed by atoms with van der Waals surface area (Å²) in [5, 5.41) is 6.67. The van der Waals surface area contributed by atoms with E-state index in [-0.39, 0.29) is 5.54 Å². The van der Waals surface area contributed by atoms with Crippen LogP contribution in [0.15, 0.2) is 66.7 Å². The average Bonchev–Trinajstić information content (AvgIpc) is 3.14. The van der Waals surface area contributed by atoms with Crippen molar-refractivity contribution in [2.75, 3.05) is 19.6 Å². The van der Waals surface area contributed by atoms with Crippen molar-refractivity contribution >= 4 is 21.8 Å². The number of aromatic nitrogens is 1. The first kappa shape index (κ1) is 19.1. The fourth-order valence-corrected chi connectivity index (χ4v) is 6.07. The van der Waals surface area contributed by atoms with Crippen LogP contribution >= 0.6 is 0 Å². The molecule has 0 saturated carbocycles. The number of nitrogens with zero attached hydrogens (tertiary/aromatic N) is 2. The smallest absolute Gasteiger partial charge is 0.0491 e. The SMILES string of the molecule is CCn1c2ccccc2c2cc(CN3CCC4(CC3)NCCc3ccccc34)ccc21. The summed E-state index contributed by atoms with van der Waals surface area (Å²) in [6, 6.07) is 25.0. The molecular formula is C28H31N3. The van der Waals surface area contributed by atoms with Gasteiger partial charge in [0.05, 0.1) is 0 Å². The van der Waals surface area contributed by atoms with E-state index in [0.29, 0.717) is 0 Å². The van der Waals surface area contributed by atoms with Gasteiger partial charge in [-0.05, 0) is 61.1 Å². The van der Waals surface area contributed by atoms with Gasteiger partial charge in [0, 0.05) is 60.1 Å². The molecule has 3 heteroatoms. The minimum Gasteiger partial charge on any atom is -0.341 e. The molecule has 158 valence electrons. The Bertz CT molecular complexity index is 1240. The molecule has 0 amide bonds. The molecule has 1 saturated heterocycles. The van der Waals surface area contributed by atoms with Gasteiger partial charge in [-0.15, -0.1) is 0 Å². The zero-order chi connectivity index (χ0) is 20.8. The van der Waals surface area contributed by atoms with Crippen LogP contribution in [0.4, 0.5) is 0 Å². The van der Waals surface area contributed by atoms with E-state index in [9.17, 15) is 0 Å². The highest BCUT2D eigenvalue weighted by Crippen LogP contribution is 2.38. The predicted molar refractivity (Wildman–Crippen MR) is 129 cm³/mol. The second-order valence-corrected chi connectivity index (χ2v) is 9.31. The van der Waals surface area contributed by atoms with Gasteiger partial charge in [-0.1, -0.05) is 48.5 Å². The summed E-state index contributed by atoms with van der Waals surface area (Å²) >= 11 is 0. The Kier molecular flexibility index (Phi) is 4.62. The first-order valence-corrected chi connectivity index (χ1v) is 11.8. The molecule has 31 heavy (non-hydrogen) atoms. The summed E-state index contributed by atoms with van der Waals surface area (Å²) in [6.07, 6.45) is 3.55. The largest absolute Gasteiger partial charge is 0.341 e. The van der Waals surface area contributed by atoms with E-state index >= 15 is 0 Å². The van der Waals surface area contributed by atoms with E-state index in [0.717, 1.165) is 39.1 Å². The van der Waals surface area contributed by atoms with Crippen molar-refractivity contribution in [3.05, 3.63) is 83.4 Å². The first-order valence-electron chi connectivity index (χ1n) is 11.8. The zero-order valence-electron chi connectivity index (χ0n) is 18.4. The Morgan fingerprint density at radius 2 is 1.65 bits per heavy atom. The van der Waals surface area contributed by atoms with Crippen LogP contribution in [0, 0.1) is 0 Å². The number of benzene rings is 3. The van der Waals surface area contributed by atoms with Gasteiger partial charge in [0.15, 0.2) is 0 Å². The maximum Gasteiger partial charge on any atom is 0.0491 e. The van der Waals surface area contributed by atoms with E-state index < -0.39 is 0 Å². The maximum atomic E-state index is 3.90. The van der Waals surface area contributed by atoms with Crippen LogP contribution in [0.5, 0.6) is 0 Å². The van der Waals surface area contributed by atoms with Crippen molar-refractivity contribution in [1.29, 1.82) is 0 Å². The quantitative estimate of drug-likeness (QED) is 0.485. The highest BCUT2D eigenvalue weighted by atomic mass is 15.2. The van der Waals surface area contributed by atoms with E-state index in [1.165, 1.54) is 40.2 Å². The van der Waals surface area contributed by atoms with Crippen molar-refractivity contribution in [2.24, 2.45) is 0 Å². The molecule has 4 aromatic rings. The fourth-order valence-electron chi connectivity index (χ4n) is 6.07. The zero-order valence-corrected chi connectivity index (χ0v) is 18.4. The van der Waals surface area contributed by atoms with Gasteiger partial charge in [0.25, 0.3) is 0 Å². The second kappa shape index (κ2) is 7.51. The molecule has 0 unspecified atom stereocenters. The Morgan fingerprint density at radius 3 is 2.52 bits per heavy atom. The molecule has 0 atom stereocenters. The molecule has 2 aliphatic rings. The Balaban J connectivity index is 1.24. The van der Waals surface area contributed by atoms with Gasteiger partial charge in [-0.2, -0.15) is 0 Å². The van der Waals surface area contributed by atoms with Crippen LogP contribution in [-0.4, -0.2) is 29.1 Å². The molecule has 6 rings (SSSR count). The summed E-state index contributed by atoms with van der Waals surface area (Å²) in [5.41, 5.74) is 7.41. The minimum atomic E-state index is 0.184. The molecule has 0 aliphatic carbocycles. The highest BCUT2D eigenvalue weighted by Gasteiger charge is 2.38. The number of likely N-dealkylation sites (tertiary alicyclic amines) is 1. The topological polar surface area (TPSA) is 20.2 Å². The van der Waals surface area contributed by atoms with E-state index in [1.807, 2.05) is 0 Å². The Hall–Kier alpha value is -2.62. The molecule has 1 aromatic heterocycles. The van der Waals surface area contributed by atoms with Crippen LogP contribution < -0.4 is 5.32 Å². The molecule has 3 nitrogen and oxygen atoms in total. The van der Waals surface area contributed by atoms with Gasteiger partial charge in [-0.3, -0.25) is 4.90 Å². The van der Waals surface area contributed by atoms with Gasteiger partial charge >= 0.3 is 0 Å². The van der Waals surface area contributed by atoms with Crippen molar-refractivity contribution in [1.82, 2.24) is 14.8 Å². The number of fused-ring (bicyclic) bond motifs is 5. The fraction of sp³-hybridized carbons (Fsp3) is 0.357. The average molecular weight is 410 g/mol. The third-order valence-electron chi connectivity index (χ3n) is 7.66. The predicted octanol–water partition coefficient (Wildman–Crippen LogP) is 5.45. The van der Waals surface area contributed by atoms with Gasteiger partial charge in [-0.25, -0.2) is 0 Å². The highest BCUT2D eigenvalue weighted by molar-refractivity contribution is 6.08. The summed E-state index contributed by atoms with van der Waals surface area (Å²) in [4.78, 5) is 2.64. The first-order chi connectivity index (χ1) is 15.3. The van der Waals surface area contributed by atoms with Gasteiger partial charge < -0.3 is 9.88 Å². The lowest BCUT2D eigenvalue weighted by atomic mass is 9.76. The standard InChI is InChI=1S/C28H31N3/c1-2-31-26-10-6-4-8-23(26)24-19-21(11-12-27(24)31)20-30-17-14-28(15-18-30)25-9-5-3-7-22(25)13-16-29-28/h3-12,19,29H,2,13-18,20H2,1H3. The van der Waals surface area contributed by atoms with Crippen LogP contribution in [0.2, 0.25) is 0 Å². The summed E-state index contributed by atoms with van der Waals surface area (Å²) in [5.74, 6) is 0. The molecular weight excluding hydrogens is 378 g/mol. The summed E-state index contributed by atoms with van der Waals surface area (Å²) in [7, 11) is 0. The molecule has 1 N–H and O–H groups in total. The van der Waals surface area contributed by atoms with Crippen LogP contribution in [0.1, 0.15) is 36.5 Å². The van der Waals surface area contributed by atoms with Crippen molar-refractivity contribution < 1.29 is 0 Å². The Labute approximate surface area is 184 Å². The van der Waals surface area contributed by atoms with Crippen LogP contribution in [0.3, 0.4) is 0 Å². The maximum absolute atomic E-state index is 3.90. The lowest BCUT2D eigenvalue weighted by Crippen LogP contribution is -2.53. The monoisotopic (exact) mass is 409 g/mol. The molecule has 1 spiro atoms. The number of hydrogen-bond donors (Lipinski definition) is 1. The van der Waals surface area contributed by atoms with Crippen LogP contribution in [0.25, 0.3) is 21.8 Å². The summed E-state index contributed by atoms with van der Waals surface area (Å²) in [6.45, 7) is 7.69. The van der Waals surface area contributed by atoms with Crippen LogP contribution in [-0.2, 0) is 25.0 Å². The number of hydrogen-bond acceptors (Lipinski definition) is 2. The third-order valence-corrected chi connectivity index (χ3v) is 7.66. The third kappa shape index (κ3) is 3.10. The van der Waals surface area contributed by atoms with E-state index in [2.05, 4.69) is 88.4 Å². The number of nitrogens with one attached hydrogen (secondary N) is 1. The second-order valence-electron chi connectivity index (χ2n) is 9.31. The van der Waals surface area contributed by atoms with Gasteiger partial charge in [0.1, 0.15) is 0 Å². The minimum absolute atomic E-state index is 0.184. The number of aryl methyl sites for hydroxylation is 1. The lowest BCUT2D eigenvalue weighted by Gasteiger charge is -2.46. The number of rotatable bonds is 3. The van der Waals surface area contributed by atoms with Crippen molar-refractivity contribution in [3.63, 3.8) is 0 Å². The van der Waals surface area contributed by atoms with Gasteiger partial charge in [0.2, 0.25) is 0 Å². The molecule has 2 aliphatic heterocycles. The van der Waals surface area contributed by atoms with Crippen molar-refractivity contribution in [3.8, 4) is 0 Å². The molecule has 3 heterocycles. The molecule has 0 bridgehead atoms. The number of piperidine rings is 1. The summed E-state index contributed by atoms with van der Waals surface area (Å²) < 4.78 is 2.44. The lowest BCUT2D eigenvalue weighted by molar-refractivity contribution is 0.124. The molecule has 3 aromatic carbocycles. The normalized spacial score (nSPS) is 18.6. The molecule has 0 radical (unpaired) electrons. The van der Waals surface area contributed by atoms with Crippen molar-refractivity contribution in [2.45, 2.75) is 44.8 Å². The van der Waals surface area contributed by atoms with E-state index in [4.69, 9.17) is 0 Å².